The van der Waals surface area contributed by atoms with Crippen molar-refractivity contribution in [3.05, 3.63) is 47.2 Å². The predicted octanol–water partition coefficient (Wildman–Crippen LogP) is 4.56. The number of hydrogen-bond donors (Lipinski definition) is 0. The van der Waals surface area contributed by atoms with Gasteiger partial charge in [-0.3, -0.25) is 4.79 Å². The number of hydrogen-bond acceptors (Lipinski definition) is 2. The minimum Gasteiger partial charge on any atom is -0.372 e. The normalized spacial score (nSPS) is 18.1. The topological polar surface area (TPSA) is 20.3 Å². The van der Waals surface area contributed by atoms with Gasteiger partial charge in [-0.25, -0.2) is 8.78 Å². The molecular formula is C18H23F2NO. The van der Waals surface area contributed by atoms with Crippen molar-refractivity contribution in [1.29, 1.82) is 0 Å². The number of benzene rings is 1. The molecular weight excluding hydrogens is 284 g/mol. The Morgan fingerprint density at radius 1 is 1.18 bits per heavy atom. The Labute approximate surface area is 130 Å². The summed E-state index contributed by atoms with van der Waals surface area (Å²) in [7, 11) is 0. The van der Waals surface area contributed by atoms with Crippen molar-refractivity contribution in [2.75, 3.05) is 6.54 Å². The second-order valence-electron chi connectivity index (χ2n) is 7.47. The van der Waals surface area contributed by atoms with Crippen molar-refractivity contribution in [2.24, 2.45) is 5.41 Å². The van der Waals surface area contributed by atoms with Crippen LogP contribution in [0.15, 0.2) is 30.0 Å². The number of Topliss-reactive ketones (excluding diaryl/α,β-unsaturated/α-hetero) is 1. The molecule has 1 aromatic carbocycles. The molecule has 22 heavy (non-hydrogen) atoms. The minimum atomic E-state index is -0.811. The molecule has 0 atom stereocenters. The maximum atomic E-state index is 13.9. The van der Waals surface area contributed by atoms with Crippen LogP contribution in [0.2, 0.25) is 0 Å². The predicted molar refractivity (Wildman–Crippen MR) is 83.6 cm³/mol. The zero-order valence-electron chi connectivity index (χ0n) is 13.8. The molecule has 0 saturated heterocycles. The molecule has 1 aromatic rings. The Morgan fingerprint density at radius 2 is 1.73 bits per heavy atom. The van der Waals surface area contributed by atoms with E-state index in [1.165, 1.54) is 6.07 Å². The highest BCUT2D eigenvalue weighted by Crippen LogP contribution is 2.39. The summed E-state index contributed by atoms with van der Waals surface area (Å²) >= 11 is 0. The highest BCUT2D eigenvalue weighted by molar-refractivity contribution is 6.09. The number of nitrogens with zero attached hydrogens (tertiary/aromatic N) is 1. The molecule has 1 heterocycles. The van der Waals surface area contributed by atoms with Crippen LogP contribution in [-0.4, -0.2) is 22.8 Å². The van der Waals surface area contributed by atoms with E-state index in [9.17, 15) is 13.6 Å². The van der Waals surface area contributed by atoms with Crippen LogP contribution in [0.3, 0.4) is 0 Å². The summed E-state index contributed by atoms with van der Waals surface area (Å²) in [6.45, 7) is 10.8. The van der Waals surface area contributed by atoms with Crippen LogP contribution < -0.4 is 0 Å². The van der Waals surface area contributed by atoms with Gasteiger partial charge in [0.05, 0.1) is 5.56 Å². The number of carbonyl (C=O) groups excluding carboxylic acids is 1. The molecule has 0 saturated carbocycles. The fourth-order valence-electron chi connectivity index (χ4n) is 2.67. The maximum absolute atomic E-state index is 13.9. The Morgan fingerprint density at radius 3 is 2.23 bits per heavy atom. The molecule has 0 aromatic heterocycles. The Balaban J connectivity index is 2.51. The summed E-state index contributed by atoms with van der Waals surface area (Å²) in [5.74, 6) is -2.18. The van der Waals surface area contributed by atoms with Gasteiger partial charge in [0.1, 0.15) is 11.6 Å². The van der Waals surface area contributed by atoms with Crippen molar-refractivity contribution in [2.45, 2.75) is 46.6 Å². The van der Waals surface area contributed by atoms with Gasteiger partial charge >= 0.3 is 0 Å². The molecule has 2 rings (SSSR count). The lowest BCUT2D eigenvalue weighted by atomic mass is 9.75. The van der Waals surface area contributed by atoms with Crippen molar-refractivity contribution < 1.29 is 13.6 Å². The van der Waals surface area contributed by atoms with E-state index in [4.69, 9.17) is 0 Å². The first-order chi connectivity index (χ1) is 10.0. The molecule has 0 N–H and O–H groups in total. The molecule has 0 bridgehead atoms. The van der Waals surface area contributed by atoms with Gasteiger partial charge in [-0.15, -0.1) is 0 Å². The van der Waals surface area contributed by atoms with Crippen molar-refractivity contribution in [3.63, 3.8) is 0 Å². The standard InChI is InChI=1S/C18H23F2NO/c1-17(2,3)21-10-9-18(4,5)12(11-21)16(22)15-13(19)7-6-8-14(15)20/h6-8,11H,9-10H2,1-5H3. The van der Waals surface area contributed by atoms with Gasteiger partial charge in [0.2, 0.25) is 0 Å². The third-order valence-corrected chi connectivity index (χ3v) is 4.29. The number of ketones is 1. The van der Waals surface area contributed by atoms with Crippen LogP contribution in [0.1, 0.15) is 51.4 Å². The average molecular weight is 307 g/mol. The number of halogens is 2. The minimum absolute atomic E-state index is 0.143. The lowest BCUT2D eigenvalue weighted by Crippen LogP contribution is -2.44. The van der Waals surface area contributed by atoms with E-state index >= 15 is 0 Å². The van der Waals surface area contributed by atoms with Gasteiger partial charge in [-0.1, -0.05) is 19.9 Å². The summed E-state index contributed by atoms with van der Waals surface area (Å²) in [5.41, 5.74) is -0.557. The molecule has 0 amide bonds. The Kier molecular flexibility index (Phi) is 4.16. The maximum Gasteiger partial charge on any atom is 0.196 e. The van der Waals surface area contributed by atoms with E-state index in [2.05, 4.69) is 4.90 Å². The fraction of sp³-hybridized carbons (Fsp3) is 0.500. The van der Waals surface area contributed by atoms with E-state index in [1.807, 2.05) is 34.6 Å². The number of carbonyl (C=O) groups is 1. The monoisotopic (exact) mass is 307 g/mol. The van der Waals surface area contributed by atoms with Crippen molar-refractivity contribution >= 4 is 5.78 Å². The largest absolute Gasteiger partial charge is 0.372 e. The average Bonchev–Trinajstić information content (AvgIpc) is 2.36. The molecule has 1 aliphatic heterocycles. The first-order valence-corrected chi connectivity index (χ1v) is 7.52. The molecule has 0 spiro atoms. The number of allylic oxidation sites excluding steroid dienone is 1. The molecule has 1 aliphatic rings. The van der Waals surface area contributed by atoms with Gasteiger partial charge in [0.15, 0.2) is 5.78 Å². The smallest absolute Gasteiger partial charge is 0.196 e. The van der Waals surface area contributed by atoms with Crippen LogP contribution in [0.4, 0.5) is 8.78 Å². The Hall–Kier alpha value is -1.71. The SMILES string of the molecule is CC1(C)CCN(C(C)(C)C)C=C1C(=O)c1c(F)cccc1F. The van der Waals surface area contributed by atoms with Crippen molar-refractivity contribution in [1.82, 2.24) is 4.90 Å². The van der Waals surface area contributed by atoms with Gasteiger partial charge in [0.25, 0.3) is 0 Å². The van der Waals surface area contributed by atoms with E-state index in [-0.39, 0.29) is 5.54 Å². The summed E-state index contributed by atoms with van der Waals surface area (Å²) in [6.07, 6.45) is 2.54. The van der Waals surface area contributed by atoms with E-state index in [1.54, 1.807) is 6.20 Å². The van der Waals surface area contributed by atoms with Gasteiger partial charge < -0.3 is 4.90 Å². The summed E-state index contributed by atoms with van der Waals surface area (Å²) in [5, 5.41) is 0. The second-order valence-corrected chi connectivity index (χ2v) is 7.47. The fourth-order valence-corrected chi connectivity index (χ4v) is 2.67. The van der Waals surface area contributed by atoms with Gasteiger partial charge in [0, 0.05) is 23.9 Å². The first-order valence-electron chi connectivity index (χ1n) is 7.52. The van der Waals surface area contributed by atoms with E-state index in [0.29, 0.717) is 5.57 Å². The molecule has 2 nitrogen and oxygen atoms in total. The summed E-state index contributed by atoms with van der Waals surface area (Å²) in [6, 6.07) is 3.51. The summed E-state index contributed by atoms with van der Waals surface area (Å²) < 4.78 is 27.9. The quantitative estimate of drug-likeness (QED) is 0.746. The zero-order valence-corrected chi connectivity index (χ0v) is 13.8. The lowest BCUT2D eigenvalue weighted by Gasteiger charge is -2.43. The molecule has 4 heteroatoms. The van der Waals surface area contributed by atoms with Crippen LogP contribution in [0, 0.1) is 17.0 Å². The first kappa shape index (κ1) is 16.7. The third kappa shape index (κ3) is 3.06. The third-order valence-electron chi connectivity index (χ3n) is 4.29. The molecule has 120 valence electrons. The van der Waals surface area contributed by atoms with Gasteiger partial charge in [-0.05, 0) is 44.7 Å². The molecule has 0 unspecified atom stereocenters. The lowest BCUT2D eigenvalue weighted by molar-refractivity contribution is 0.0956. The van der Waals surface area contributed by atoms with Crippen LogP contribution in [-0.2, 0) is 0 Å². The number of rotatable bonds is 2. The molecule has 0 radical (unpaired) electrons. The molecule has 0 aliphatic carbocycles. The van der Waals surface area contributed by atoms with Crippen molar-refractivity contribution in [3.8, 4) is 0 Å². The van der Waals surface area contributed by atoms with Gasteiger partial charge in [-0.2, -0.15) is 0 Å². The Bertz CT molecular complexity index is 606. The van der Waals surface area contributed by atoms with Crippen LogP contribution in [0.5, 0.6) is 0 Å². The van der Waals surface area contributed by atoms with E-state index in [0.717, 1.165) is 25.1 Å². The zero-order chi connectivity index (χ0) is 16.7. The molecule has 0 fully saturated rings. The highest BCUT2D eigenvalue weighted by atomic mass is 19.1. The van der Waals surface area contributed by atoms with Crippen LogP contribution >= 0.6 is 0 Å². The summed E-state index contributed by atoms with van der Waals surface area (Å²) in [4.78, 5) is 14.8. The van der Waals surface area contributed by atoms with Crippen LogP contribution in [0.25, 0.3) is 0 Å². The highest BCUT2D eigenvalue weighted by Gasteiger charge is 2.37. The second kappa shape index (κ2) is 5.49. The van der Waals surface area contributed by atoms with E-state index < -0.39 is 28.4 Å².